The van der Waals surface area contributed by atoms with Crippen LogP contribution >= 0.6 is 0 Å². The molecule has 0 saturated heterocycles. The molecule has 0 bridgehead atoms. The number of hydrogen-bond donors (Lipinski definition) is 0. The lowest BCUT2D eigenvalue weighted by atomic mass is 10.2. The van der Waals surface area contributed by atoms with E-state index in [2.05, 4.69) is 19.0 Å². The predicted molar refractivity (Wildman–Crippen MR) is 55.9 cm³/mol. The third kappa shape index (κ3) is 12.0. The number of carbonyl (C=O) groups excluding carboxylic acids is 2. The zero-order valence-corrected chi connectivity index (χ0v) is 9.74. The molecule has 18 heavy (non-hydrogen) atoms. The highest BCUT2D eigenvalue weighted by Gasteiger charge is 2.02. The average Bonchev–Trinajstić information content (AvgIpc) is 2.32. The van der Waals surface area contributed by atoms with Gasteiger partial charge in [-0.05, 0) is 19.3 Å². The van der Waals surface area contributed by atoms with Gasteiger partial charge in [-0.2, -0.15) is 0 Å². The molecule has 0 aromatic heterocycles. The molecule has 0 aliphatic carbocycles. The topological polar surface area (TPSA) is 114 Å². The van der Waals surface area contributed by atoms with Gasteiger partial charge in [-0.25, -0.2) is 4.79 Å². The molecule has 0 unspecified atom stereocenters. The molecule has 0 atom stereocenters. The van der Waals surface area contributed by atoms with Crippen LogP contribution in [0, 0.1) is 10.1 Å². The van der Waals surface area contributed by atoms with E-state index in [0.717, 1.165) is 12.8 Å². The van der Waals surface area contributed by atoms with E-state index in [4.69, 9.17) is 0 Å². The molecule has 0 aliphatic rings. The summed E-state index contributed by atoms with van der Waals surface area (Å²) >= 11 is 0. The number of carbonyl (C=O) groups is 2. The Balaban J connectivity index is 3.17. The van der Waals surface area contributed by atoms with E-state index in [1.54, 1.807) is 0 Å². The lowest BCUT2D eigenvalue weighted by molar-refractivity contribution is -0.757. The summed E-state index contributed by atoms with van der Waals surface area (Å²) in [6.07, 6.45) is 1.76. The minimum absolute atomic E-state index is 0.0684. The van der Waals surface area contributed by atoms with Gasteiger partial charge in [0.05, 0.1) is 13.2 Å². The predicted octanol–water partition coefficient (Wildman–Crippen LogP) is 1.04. The van der Waals surface area contributed by atoms with Crippen molar-refractivity contribution in [1.82, 2.24) is 0 Å². The standard InChI is InChI=1S/C9H15NO8/c11-7-15-8-17-9(12)16-5-3-1-2-4-6-18-10(13)14/h7H,1-6,8H2. The van der Waals surface area contributed by atoms with Gasteiger partial charge in [0.2, 0.25) is 6.79 Å². The van der Waals surface area contributed by atoms with Gasteiger partial charge in [0.1, 0.15) is 0 Å². The van der Waals surface area contributed by atoms with Gasteiger partial charge < -0.3 is 19.0 Å². The number of rotatable bonds is 11. The number of hydrogen-bond acceptors (Lipinski definition) is 8. The van der Waals surface area contributed by atoms with E-state index >= 15 is 0 Å². The van der Waals surface area contributed by atoms with Crippen molar-refractivity contribution < 1.29 is 33.7 Å². The second-order valence-electron chi connectivity index (χ2n) is 3.09. The van der Waals surface area contributed by atoms with E-state index < -0.39 is 18.0 Å². The fourth-order valence-corrected chi connectivity index (χ4v) is 1.00. The van der Waals surface area contributed by atoms with Gasteiger partial charge in [-0.3, -0.25) is 4.79 Å². The van der Waals surface area contributed by atoms with Crippen LogP contribution in [0.15, 0.2) is 0 Å². The highest BCUT2D eigenvalue weighted by Crippen LogP contribution is 2.01. The first kappa shape index (κ1) is 15.9. The van der Waals surface area contributed by atoms with Crippen molar-refractivity contribution in [1.29, 1.82) is 0 Å². The highest BCUT2D eigenvalue weighted by atomic mass is 16.9. The maximum Gasteiger partial charge on any atom is 0.511 e. The maximum atomic E-state index is 10.8. The summed E-state index contributed by atoms with van der Waals surface area (Å²) in [5.41, 5.74) is 0. The van der Waals surface area contributed by atoms with Crippen LogP contribution < -0.4 is 0 Å². The van der Waals surface area contributed by atoms with E-state index in [0.29, 0.717) is 12.8 Å². The van der Waals surface area contributed by atoms with Crippen molar-refractivity contribution >= 4 is 12.6 Å². The van der Waals surface area contributed by atoms with Crippen LogP contribution in [0.3, 0.4) is 0 Å². The molecular formula is C9H15NO8. The van der Waals surface area contributed by atoms with E-state index in [9.17, 15) is 19.7 Å². The Labute approximate surface area is 103 Å². The molecule has 9 nitrogen and oxygen atoms in total. The Bertz CT molecular complexity index is 257. The minimum Gasteiger partial charge on any atom is -0.434 e. The molecule has 0 saturated carbocycles. The van der Waals surface area contributed by atoms with Crippen LogP contribution in [0.1, 0.15) is 25.7 Å². The molecule has 0 N–H and O–H groups in total. The fraction of sp³-hybridized carbons (Fsp3) is 0.778. The summed E-state index contributed by atoms with van der Waals surface area (Å²) in [5.74, 6) is 0. The molecule has 0 fully saturated rings. The van der Waals surface area contributed by atoms with E-state index in [1.165, 1.54) is 0 Å². The van der Waals surface area contributed by atoms with E-state index in [1.807, 2.05) is 0 Å². The molecule has 0 rings (SSSR count). The number of ether oxygens (including phenoxy) is 3. The van der Waals surface area contributed by atoms with Crippen molar-refractivity contribution in [2.75, 3.05) is 20.0 Å². The molecule has 0 heterocycles. The smallest absolute Gasteiger partial charge is 0.434 e. The van der Waals surface area contributed by atoms with E-state index in [-0.39, 0.29) is 19.7 Å². The van der Waals surface area contributed by atoms with Crippen molar-refractivity contribution in [2.24, 2.45) is 0 Å². The Kier molecular flexibility index (Phi) is 10.1. The largest absolute Gasteiger partial charge is 0.511 e. The number of nitrogens with zero attached hydrogens (tertiary/aromatic N) is 1. The quantitative estimate of drug-likeness (QED) is 0.136. The Morgan fingerprint density at radius 1 is 1.11 bits per heavy atom. The molecule has 0 spiro atoms. The molecule has 0 amide bonds. The normalized spacial score (nSPS) is 9.33. The SMILES string of the molecule is O=COCOC(=O)OCCCCCCO[N+](=O)[O-]. The Morgan fingerprint density at radius 3 is 2.39 bits per heavy atom. The lowest BCUT2D eigenvalue weighted by Crippen LogP contribution is -2.10. The maximum absolute atomic E-state index is 10.8. The van der Waals surface area contributed by atoms with Crippen molar-refractivity contribution in [3.05, 3.63) is 10.1 Å². The molecule has 0 aliphatic heterocycles. The van der Waals surface area contributed by atoms with Crippen molar-refractivity contribution in [2.45, 2.75) is 25.7 Å². The summed E-state index contributed by atoms with van der Waals surface area (Å²) in [4.78, 5) is 34.4. The molecule has 0 radical (unpaired) electrons. The van der Waals surface area contributed by atoms with Crippen LogP contribution in [-0.2, 0) is 23.8 Å². The molecule has 9 heteroatoms. The lowest BCUT2D eigenvalue weighted by Gasteiger charge is -2.04. The average molecular weight is 265 g/mol. The van der Waals surface area contributed by atoms with Crippen LogP contribution in [-0.4, -0.2) is 37.7 Å². The highest BCUT2D eigenvalue weighted by molar-refractivity contribution is 5.59. The first-order chi connectivity index (χ1) is 8.66. The minimum atomic E-state index is -0.909. The van der Waals surface area contributed by atoms with Gasteiger partial charge in [-0.1, -0.05) is 6.42 Å². The number of unbranched alkanes of at least 4 members (excludes halogenated alkanes) is 3. The van der Waals surface area contributed by atoms with Gasteiger partial charge in [0, 0.05) is 0 Å². The third-order valence-corrected chi connectivity index (χ3v) is 1.77. The zero-order valence-electron chi connectivity index (χ0n) is 9.74. The van der Waals surface area contributed by atoms with Gasteiger partial charge in [-0.15, -0.1) is 10.1 Å². The van der Waals surface area contributed by atoms with Crippen LogP contribution in [0.25, 0.3) is 0 Å². The monoisotopic (exact) mass is 265 g/mol. The fourth-order valence-electron chi connectivity index (χ4n) is 1.00. The molecular weight excluding hydrogens is 250 g/mol. The van der Waals surface area contributed by atoms with Gasteiger partial charge in [0.25, 0.3) is 11.6 Å². The first-order valence-corrected chi connectivity index (χ1v) is 5.29. The van der Waals surface area contributed by atoms with Crippen LogP contribution in [0.5, 0.6) is 0 Å². The summed E-state index contributed by atoms with van der Waals surface area (Å²) in [6.45, 7) is -0.0736. The summed E-state index contributed by atoms with van der Waals surface area (Å²) in [6, 6.07) is 0. The Hall–Kier alpha value is -2.06. The Morgan fingerprint density at radius 2 is 1.78 bits per heavy atom. The summed E-state index contributed by atoms with van der Waals surface area (Å²) in [5, 5.41) is 8.96. The zero-order chi connectivity index (χ0) is 13.6. The summed E-state index contributed by atoms with van der Waals surface area (Å²) in [7, 11) is 0. The third-order valence-electron chi connectivity index (χ3n) is 1.77. The molecule has 104 valence electrons. The summed E-state index contributed by atoms with van der Waals surface area (Å²) < 4.78 is 13.1. The van der Waals surface area contributed by atoms with Gasteiger partial charge >= 0.3 is 6.16 Å². The van der Waals surface area contributed by atoms with Gasteiger partial charge in [0.15, 0.2) is 0 Å². The first-order valence-electron chi connectivity index (χ1n) is 5.29. The second kappa shape index (κ2) is 11.4. The molecule has 0 aromatic rings. The van der Waals surface area contributed by atoms with Crippen LogP contribution in [0.2, 0.25) is 0 Å². The van der Waals surface area contributed by atoms with Crippen molar-refractivity contribution in [3.8, 4) is 0 Å². The second-order valence-corrected chi connectivity index (χ2v) is 3.09. The van der Waals surface area contributed by atoms with Crippen LogP contribution in [0.4, 0.5) is 4.79 Å². The van der Waals surface area contributed by atoms with Crippen molar-refractivity contribution in [3.63, 3.8) is 0 Å². The molecule has 0 aromatic carbocycles.